The molecule has 0 aromatic carbocycles. The number of aromatic nitrogens is 2. The van der Waals surface area contributed by atoms with Gasteiger partial charge >= 0.3 is 7.75 Å². The van der Waals surface area contributed by atoms with Crippen LogP contribution in [0.2, 0.25) is 0 Å². The van der Waals surface area contributed by atoms with Crippen molar-refractivity contribution in [2.75, 3.05) is 0 Å². The summed E-state index contributed by atoms with van der Waals surface area (Å²) >= 11 is 0. The van der Waals surface area contributed by atoms with Crippen LogP contribution in [0.3, 0.4) is 0 Å². The van der Waals surface area contributed by atoms with Gasteiger partial charge in [-0.1, -0.05) is 6.92 Å². The fraction of sp³-hybridized carbons (Fsp3) is 0.143. The van der Waals surface area contributed by atoms with Crippen molar-refractivity contribution in [2.45, 2.75) is 13.3 Å². The number of nitrogens with zero attached hydrogens (tertiary/aromatic N) is 2. The van der Waals surface area contributed by atoms with Gasteiger partial charge in [-0.15, -0.1) is 4.34 Å². The Morgan fingerprint density at radius 2 is 1.68 bits per heavy atom. The van der Waals surface area contributed by atoms with Crippen molar-refractivity contribution < 1.29 is 57.2 Å². The highest BCUT2D eigenvalue weighted by atomic mass is 79.9. The molecule has 0 aliphatic rings. The fourth-order valence-corrected chi connectivity index (χ4v) is 2.76. The highest BCUT2D eigenvalue weighted by Crippen LogP contribution is 2.29. The van der Waals surface area contributed by atoms with E-state index in [2.05, 4.69) is 6.58 Å². The van der Waals surface area contributed by atoms with Crippen LogP contribution in [0.15, 0.2) is 49.4 Å². The van der Waals surface area contributed by atoms with Crippen LogP contribution in [0.1, 0.15) is 12.6 Å². The molecule has 2 aromatic heterocycles. The number of rotatable bonds is 4. The quantitative estimate of drug-likeness (QED) is 0.364. The van der Waals surface area contributed by atoms with Crippen molar-refractivity contribution in [3.8, 4) is 11.1 Å². The highest BCUT2D eigenvalue weighted by Gasteiger charge is 2.30. The van der Waals surface area contributed by atoms with Gasteiger partial charge in [-0.2, -0.15) is 9.13 Å². The standard InChI is InChI=1S/C14H15N2O3P.2BrH/c1-3-14-11-13(7-10-16(14)20(17,18)19)12-5-8-15(4-2)9-6-12;;/h4-11H,2-3H2,1H3;2*1H. The number of halogens is 2. The maximum absolute atomic E-state index is 11.4. The van der Waals surface area contributed by atoms with Gasteiger partial charge in [0.15, 0.2) is 30.5 Å². The SMILES string of the molecule is C=C[n+]1ccc(-c2cc[n+](P(=O)(O)O)c(CC)c2)cc1.[Br-].[Br-]. The maximum Gasteiger partial charge on any atom is 0.607 e. The third kappa shape index (κ3) is 4.83. The van der Waals surface area contributed by atoms with E-state index in [4.69, 9.17) is 0 Å². The normalized spacial score (nSPS) is 10.3. The molecule has 2 heterocycles. The van der Waals surface area contributed by atoms with Gasteiger partial charge in [0.05, 0.1) is 0 Å². The molecule has 0 aliphatic carbocycles. The first-order valence-corrected chi connectivity index (χ1v) is 7.77. The molecule has 120 valence electrons. The Bertz CT molecular complexity index is 687. The molecular weight excluding hydrogens is 435 g/mol. The molecule has 2 rings (SSSR count). The van der Waals surface area contributed by atoms with E-state index >= 15 is 0 Å². The molecule has 2 aromatic rings. The Hall–Kier alpha value is -0.850. The number of pyridine rings is 2. The predicted molar refractivity (Wildman–Crippen MR) is 75.5 cm³/mol. The summed E-state index contributed by atoms with van der Waals surface area (Å²) in [5.41, 5.74) is 2.50. The summed E-state index contributed by atoms with van der Waals surface area (Å²) in [6, 6.07) is 7.36. The molecule has 2 N–H and O–H groups in total. The molecule has 0 aliphatic heterocycles. The molecule has 0 atom stereocenters. The van der Waals surface area contributed by atoms with E-state index in [1.165, 1.54) is 6.20 Å². The Balaban J connectivity index is 0.00000220. The molecule has 0 fully saturated rings. The van der Waals surface area contributed by atoms with Crippen LogP contribution in [0.25, 0.3) is 17.3 Å². The molecule has 0 saturated heterocycles. The Morgan fingerprint density at radius 1 is 1.14 bits per heavy atom. The minimum Gasteiger partial charge on any atom is -1.00 e. The lowest BCUT2D eigenvalue weighted by molar-refractivity contribution is -0.567. The molecule has 22 heavy (non-hydrogen) atoms. The van der Waals surface area contributed by atoms with Gasteiger partial charge in [0.25, 0.3) is 0 Å². The van der Waals surface area contributed by atoms with Gasteiger partial charge in [-0.3, -0.25) is 9.79 Å². The predicted octanol–water partition coefficient (Wildman–Crippen LogP) is -4.46. The van der Waals surface area contributed by atoms with Crippen LogP contribution in [0.4, 0.5) is 0 Å². The van der Waals surface area contributed by atoms with E-state index in [1.807, 2.05) is 36.0 Å². The first kappa shape index (κ1) is 21.1. The van der Waals surface area contributed by atoms with Crippen molar-refractivity contribution >= 4 is 13.9 Å². The summed E-state index contributed by atoms with van der Waals surface area (Å²) in [7, 11) is -4.30. The molecule has 0 spiro atoms. The van der Waals surface area contributed by atoms with E-state index in [9.17, 15) is 14.4 Å². The minimum atomic E-state index is -4.30. The molecule has 5 nitrogen and oxygen atoms in total. The van der Waals surface area contributed by atoms with E-state index < -0.39 is 7.75 Å². The molecule has 0 amide bonds. The summed E-state index contributed by atoms with van der Waals surface area (Å²) < 4.78 is 14.2. The lowest BCUT2D eigenvalue weighted by Crippen LogP contribution is -3.00. The zero-order chi connectivity index (χ0) is 14.8. The lowest BCUT2D eigenvalue weighted by Gasteiger charge is -2.05. The van der Waals surface area contributed by atoms with Crippen molar-refractivity contribution in [3.63, 3.8) is 0 Å². The third-order valence-electron chi connectivity index (χ3n) is 3.05. The molecule has 0 saturated carbocycles. The van der Waals surface area contributed by atoms with Crippen LogP contribution < -0.4 is 42.9 Å². The van der Waals surface area contributed by atoms with Crippen molar-refractivity contribution in [1.82, 2.24) is 0 Å². The Morgan fingerprint density at radius 3 is 2.14 bits per heavy atom. The molecule has 8 heteroatoms. The Labute approximate surface area is 150 Å². The number of aryl methyl sites for hydroxylation is 1. The van der Waals surface area contributed by atoms with Gasteiger partial charge in [0.2, 0.25) is 0 Å². The summed E-state index contributed by atoms with van der Waals surface area (Å²) in [5, 5.41) is 0. The number of hydrogen-bond donors (Lipinski definition) is 2. The molecular formula is C14H17Br2N2O3P. The minimum absolute atomic E-state index is 0. The molecule has 0 bridgehead atoms. The van der Waals surface area contributed by atoms with E-state index in [-0.39, 0.29) is 34.0 Å². The second kappa shape index (κ2) is 8.70. The number of hydrogen-bond acceptors (Lipinski definition) is 1. The second-order valence-corrected chi connectivity index (χ2v) is 5.79. The van der Waals surface area contributed by atoms with E-state index in [1.54, 1.807) is 18.3 Å². The van der Waals surface area contributed by atoms with Crippen LogP contribution in [-0.4, -0.2) is 9.79 Å². The Kier molecular flexibility index (Phi) is 8.36. The van der Waals surface area contributed by atoms with Crippen LogP contribution in [0, 0.1) is 0 Å². The van der Waals surface area contributed by atoms with Gasteiger partial charge in [0.1, 0.15) is 0 Å². The fourth-order valence-electron chi connectivity index (χ4n) is 1.99. The summed E-state index contributed by atoms with van der Waals surface area (Å²) in [6.07, 6.45) is 7.41. The maximum atomic E-state index is 11.4. The largest absolute Gasteiger partial charge is 1.00 e. The highest BCUT2D eigenvalue weighted by molar-refractivity contribution is 7.44. The van der Waals surface area contributed by atoms with Crippen molar-refractivity contribution in [1.29, 1.82) is 0 Å². The van der Waals surface area contributed by atoms with Crippen LogP contribution >= 0.6 is 7.75 Å². The summed E-state index contributed by atoms with van der Waals surface area (Å²) in [5.74, 6) is 0. The molecule has 0 unspecified atom stereocenters. The topological polar surface area (TPSA) is 65.3 Å². The molecule has 0 radical (unpaired) electrons. The van der Waals surface area contributed by atoms with Crippen molar-refractivity contribution in [2.24, 2.45) is 0 Å². The zero-order valence-corrected chi connectivity index (χ0v) is 16.0. The third-order valence-corrected chi connectivity index (χ3v) is 4.00. The first-order valence-electron chi connectivity index (χ1n) is 6.20. The van der Waals surface area contributed by atoms with E-state index in [0.717, 1.165) is 15.5 Å². The average Bonchev–Trinajstić information content (AvgIpc) is 2.45. The van der Waals surface area contributed by atoms with Gasteiger partial charge in [0, 0.05) is 30.7 Å². The summed E-state index contributed by atoms with van der Waals surface area (Å²) in [4.78, 5) is 18.6. The van der Waals surface area contributed by atoms with Crippen LogP contribution in [-0.2, 0) is 11.0 Å². The second-order valence-electron chi connectivity index (χ2n) is 4.33. The van der Waals surface area contributed by atoms with Crippen LogP contribution in [0.5, 0.6) is 0 Å². The first-order chi connectivity index (χ1) is 9.45. The van der Waals surface area contributed by atoms with Gasteiger partial charge < -0.3 is 34.0 Å². The lowest BCUT2D eigenvalue weighted by atomic mass is 10.1. The monoisotopic (exact) mass is 450 g/mol. The van der Waals surface area contributed by atoms with Gasteiger partial charge in [-0.25, -0.2) is 0 Å². The summed E-state index contributed by atoms with van der Waals surface area (Å²) in [6.45, 7) is 5.54. The average molecular weight is 452 g/mol. The van der Waals surface area contributed by atoms with Crippen molar-refractivity contribution in [3.05, 3.63) is 55.1 Å². The zero-order valence-electron chi connectivity index (χ0n) is 11.9. The van der Waals surface area contributed by atoms with E-state index in [0.29, 0.717) is 12.1 Å². The van der Waals surface area contributed by atoms with Gasteiger partial charge in [-0.05, 0) is 17.7 Å². The smallest absolute Gasteiger partial charge is 0.607 e.